The van der Waals surface area contributed by atoms with Crippen LogP contribution in [0.1, 0.15) is 24.8 Å². The lowest BCUT2D eigenvalue weighted by molar-refractivity contribution is -0.149. The fourth-order valence-electron chi connectivity index (χ4n) is 4.33. The smallest absolute Gasteiger partial charge is 0.259 e. The molecular formula is C22H27Cl2NO5. The van der Waals surface area contributed by atoms with Gasteiger partial charge in [-0.05, 0) is 36.6 Å². The van der Waals surface area contributed by atoms with Crippen LogP contribution in [0.15, 0.2) is 41.9 Å². The summed E-state index contributed by atoms with van der Waals surface area (Å²) in [5.41, 5.74) is -0.657. The molecule has 1 amide bonds. The highest BCUT2D eigenvalue weighted by molar-refractivity contribution is 6.42. The molecule has 2 atom stereocenters. The molecule has 0 bridgehead atoms. The van der Waals surface area contributed by atoms with Gasteiger partial charge in [-0.2, -0.15) is 0 Å². The minimum Gasteiger partial charge on any atom is -0.501 e. The van der Waals surface area contributed by atoms with E-state index in [2.05, 4.69) is 0 Å². The van der Waals surface area contributed by atoms with Crippen LogP contribution in [0.2, 0.25) is 10.0 Å². The van der Waals surface area contributed by atoms with Crippen molar-refractivity contribution in [3.63, 3.8) is 0 Å². The number of nitrogens with zero attached hydrogens (tertiary/aromatic N) is 1. The average Bonchev–Trinajstić information content (AvgIpc) is 3.19. The Balaban J connectivity index is 1.91. The summed E-state index contributed by atoms with van der Waals surface area (Å²) in [6, 6.07) is 5.50. The number of halogens is 2. The lowest BCUT2D eigenvalue weighted by Gasteiger charge is -2.36. The molecule has 6 nitrogen and oxygen atoms in total. The molecule has 2 unspecified atom stereocenters. The fraction of sp³-hybridized carbons (Fsp3) is 0.500. The van der Waals surface area contributed by atoms with Gasteiger partial charge >= 0.3 is 0 Å². The van der Waals surface area contributed by atoms with Crippen molar-refractivity contribution < 1.29 is 24.1 Å². The number of hydrogen-bond donors (Lipinski definition) is 1. The quantitative estimate of drug-likeness (QED) is 0.678. The van der Waals surface area contributed by atoms with Crippen molar-refractivity contribution in [1.29, 1.82) is 0 Å². The third kappa shape index (κ3) is 4.19. The second kappa shape index (κ2) is 9.18. The summed E-state index contributed by atoms with van der Waals surface area (Å²) < 4.78 is 16.5. The van der Waals surface area contributed by atoms with E-state index in [-0.39, 0.29) is 18.9 Å². The zero-order valence-electron chi connectivity index (χ0n) is 17.4. The average molecular weight is 456 g/mol. The Morgan fingerprint density at radius 3 is 2.57 bits per heavy atom. The van der Waals surface area contributed by atoms with E-state index in [9.17, 15) is 9.90 Å². The maximum atomic E-state index is 13.6. The third-order valence-electron chi connectivity index (χ3n) is 6.10. The van der Waals surface area contributed by atoms with Gasteiger partial charge in [-0.3, -0.25) is 4.79 Å². The van der Waals surface area contributed by atoms with Crippen LogP contribution in [0, 0.1) is 0 Å². The van der Waals surface area contributed by atoms with Crippen LogP contribution in [0.25, 0.3) is 0 Å². The van der Waals surface area contributed by atoms with Crippen molar-refractivity contribution in [2.24, 2.45) is 0 Å². The lowest BCUT2D eigenvalue weighted by Crippen LogP contribution is -2.50. The van der Waals surface area contributed by atoms with Gasteiger partial charge in [0.05, 0.1) is 24.3 Å². The number of allylic oxidation sites excluding steroid dienone is 1. The second-order valence-corrected chi connectivity index (χ2v) is 8.51. The number of benzene rings is 1. The second-order valence-electron chi connectivity index (χ2n) is 7.70. The normalized spacial score (nSPS) is 26.3. The highest BCUT2D eigenvalue weighted by atomic mass is 35.5. The Morgan fingerprint density at radius 1 is 1.20 bits per heavy atom. The fourth-order valence-corrected chi connectivity index (χ4v) is 4.63. The molecule has 0 aromatic heterocycles. The molecule has 1 N–H and O–H groups in total. The number of ether oxygens (including phenoxy) is 3. The zero-order valence-corrected chi connectivity index (χ0v) is 18.9. The summed E-state index contributed by atoms with van der Waals surface area (Å²) in [5, 5.41) is 10.7. The van der Waals surface area contributed by atoms with E-state index in [4.69, 9.17) is 37.4 Å². The number of hydrogen-bond acceptors (Lipinski definition) is 5. The van der Waals surface area contributed by atoms with Crippen molar-refractivity contribution in [2.45, 2.75) is 30.3 Å². The van der Waals surface area contributed by atoms with Gasteiger partial charge in [0, 0.05) is 44.7 Å². The van der Waals surface area contributed by atoms with E-state index < -0.39 is 11.0 Å². The molecule has 0 spiro atoms. The molecular weight excluding hydrogens is 429 g/mol. The summed E-state index contributed by atoms with van der Waals surface area (Å²) in [4.78, 5) is 15.4. The number of carbonyl (C=O) groups excluding carboxylic acids is 1. The largest absolute Gasteiger partial charge is 0.501 e. The van der Waals surface area contributed by atoms with E-state index in [0.717, 1.165) is 5.56 Å². The lowest BCUT2D eigenvalue weighted by atomic mass is 9.77. The molecule has 30 heavy (non-hydrogen) atoms. The summed E-state index contributed by atoms with van der Waals surface area (Å²) >= 11 is 12.3. The van der Waals surface area contributed by atoms with Crippen LogP contribution in [0.4, 0.5) is 0 Å². The summed E-state index contributed by atoms with van der Waals surface area (Å²) in [5.74, 6) is 0.954. The maximum absolute atomic E-state index is 13.6. The van der Waals surface area contributed by atoms with Gasteiger partial charge in [-0.1, -0.05) is 29.3 Å². The van der Waals surface area contributed by atoms with Gasteiger partial charge in [0.2, 0.25) is 0 Å². The van der Waals surface area contributed by atoms with Gasteiger partial charge in [0.15, 0.2) is 5.60 Å². The molecule has 164 valence electrons. The number of carbonyl (C=O) groups is 1. The molecule has 1 fully saturated rings. The SMILES string of the molecule is COC1=CC(OC)(C(=O)N2CCC(CCO)(c3ccc(Cl)c(Cl)c3)C2)CC(OC)=C1. The molecule has 8 heteroatoms. The number of aliphatic hydroxyl groups is 1. The number of amides is 1. The molecule has 1 aromatic rings. The first kappa shape index (κ1) is 22.9. The molecule has 1 heterocycles. The highest BCUT2D eigenvalue weighted by Crippen LogP contribution is 2.42. The first-order valence-electron chi connectivity index (χ1n) is 9.75. The Labute approximate surface area is 187 Å². The van der Waals surface area contributed by atoms with Crippen LogP contribution in [0.5, 0.6) is 0 Å². The van der Waals surface area contributed by atoms with Crippen molar-refractivity contribution in [3.05, 3.63) is 57.5 Å². The number of methoxy groups -OCH3 is 3. The summed E-state index contributed by atoms with van der Waals surface area (Å²) in [7, 11) is 4.61. The van der Waals surface area contributed by atoms with Crippen LogP contribution < -0.4 is 0 Å². The van der Waals surface area contributed by atoms with Gasteiger partial charge in [0.25, 0.3) is 5.91 Å². The van der Waals surface area contributed by atoms with Crippen LogP contribution >= 0.6 is 23.2 Å². The highest BCUT2D eigenvalue weighted by Gasteiger charge is 2.48. The standard InChI is InChI=1S/C22H27Cl2NO5/c1-28-16-11-17(29-2)13-22(12-16,30-3)20(27)25-8-6-21(14-25,7-9-26)15-4-5-18(23)19(24)10-15/h4-5,10-12,26H,6-9,13-14H2,1-3H3. The van der Waals surface area contributed by atoms with E-state index in [1.807, 2.05) is 12.1 Å². The van der Waals surface area contributed by atoms with Crippen LogP contribution in [-0.2, 0) is 24.4 Å². The Kier molecular flexibility index (Phi) is 7.02. The maximum Gasteiger partial charge on any atom is 0.259 e. The van der Waals surface area contributed by atoms with Gasteiger partial charge < -0.3 is 24.2 Å². The minimum absolute atomic E-state index is 0.00197. The predicted octanol–water partition coefficient (Wildman–Crippen LogP) is 3.70. The van der Waals surface area contributed by atoms with Gasteiger partial charge in [0.1, 0.15) is 11.5 Å². The minimum atomic E-state index is -1.21. The van der Waals surface area contributed by atoms with Gasteiger partial charge in [-0.15, -0.1) is 0 Å². The number of likely N-dealkylation sites (tertiary alicyclic amines) is 1. The van der Waals surface area contributed by atoms with Crippen LogP contribution in [0.3, 0.4) is 0 Å². The molecule has 1 aliphatic carbocycles. The van der Waals surface area contributed by atoms with Crippen molar-refractivity contribution in [1.82, 2.24) is 4.90 Å². The first-order chi connectivity index (χ1) is 14.3. The van der Waals surface area contributed by atoms with E-state index >= 15 is 0 Å². The van der Waals surface area contributed by atoms with Crippen molar-refractivity contribution in [3.8, 4) is 0 Å². The molecule has 1 aromatic carbocycles. The topological polar surface area (TPSA) is 68.2 Å². The van der Waals surface area contributed by atoms with Crippen molar-refractivity contribution >= 4 is 29.1 Å². The van der Waals surface area contributed by atoms with Gasteiger partial charge in [-0.25, -0.2) is 0 Å². The van der Waals surface area contributed by atoms with Crippen LogP contribution in [-0.4, -0.2) is 62.5 Å². The molecule has 3 rings (SSSR count). The molecule has 0 radical (unpaired) electrons. The summed E-state index contributed by atoms with van der Waals surface area (Å²) in [6.07, 6.45) is 4.94. The molecule has 1 aliphatic heterocycles. The zero-order chi connectivity index (χ0) is 21.9. The van der Waals surface area contributed by atoms with E-state index in [0.29, 0.717) is 47.5 Å². The van der Waals surface area contributed by atoms with E-state index in [1.54, 1.807) is 30.2 Å². The number of aliphatic hydroxyl groups excluding tert-OH is 1. The molecule has 1 saturated heterocycles. The Hall–Kier alpha value is -1.73. The number of rotatable bonds is 7. The first-order valence-corrected chi connectivity index (χ1v) is 10.5. The predicted molar refractivity (Wildman–Crippen MR) is 116 cm³/mol. The monoisotopic (exact) mass is 455 g/mol. The third-order valence-corrected chi connectivity index (χ3v) is 6.84. The summed E-state index contributed by atoms with van der Waals surface area (Å²) in [6.45, 7) is 0.978. The van der Waals surface area contributed by atoms with E-state index in [1.165, 1.54) is 14.2 Å². The Bertz CT molecular complexity index is 871. The Morgan fingerprint density at radius 2 is 1.97 bits per heavy atom. The molecule has 0 saturated carbocycles. The molecule has 2 aliphatic rings. The van der Waals surface area contributed by atoms with Crippen molar-refractivity contribution in [2.75, 3.05) is 41.0 Å².